The van der Waals surface area contributed by atoms with Crippen molar-refractivity contribution in [2.75, 3.05) is 5.32 Å². The first kappa shape index (κ1) is 12.8. The van der Waals surface area contributed by atoms with Crippen LogP contribution in [-0.4, -0.2) is 21.0 Å². The van der Waals surface area contributed by atoms with Gasteiger partial charge in [0.2, 0.25) is 0 Å². The molecule has 2 N–H and O–H groups in total. The second-order valence-electron chi connectivity index (χ2n) is 3.57. The van der Waals surface area contributed by atoms with Crippen LogP contribution in [0.4, 0.5) is 5.82 Å². The van der Waals surface area contributed by atoms with Gasteiger partial charge in [0.1, 0.15) is 0 Å². The Balaban J connectivity index is 2.21. The predicted octanol–water partition coefficient (Wildman–Crippen LogP) is 3.06. The Hall–Kier alpha value is -1.66. The minimum absolute atomic E-state index is 0.0858. The van der Waals surface area contributed by atoms with E-state index in [9.17, 15) is 4.79 Å². The molecule has 94 valence electrons. The fourth-order valence-corrected chi connectivity index (χ4v) is 2.50. The molecule has 0 amide bonds. The molecule has 5 nitrogen and oxygen atoms in total. The number of carboxylic acids is 1. The molecular formula is C11H10ClN3O2S. The third-order valence-electron chi connectivity index (χ3n) is 2.27. The van der Waals surface area contributed by atoms with E-state index in [0.717, 1.165) is 4.88 Å². The van der Waals surface area contributed by atoms with Gasteiger partial charge in [-0.05, 0) is 19.1 Å². The van der Waals surface area contributed by atoms with Gasteiger partial charge in [0.05, 0.1) is 10.4 Å². The molecule has 0 bridgehead atoms. The Labute approximate surface area is 112 Å². The van der Waals surface area contributed by atoms with Gasteiger partial charge in [-0.2, -0.15) is 0 Å². The van der Waals surface area contributed by atoms with Crippen molar-refractivity contribution in [2.45, 2.75) is 13.0 Å². The van der Waals surface area contributed by atoms with Crippen LogP contribution in [0.15, 0.2) is 24.5 Å². The summed E-state index contributed by atoms with van der Waals surface area (Å²) in [5.41, 5.74) is -0.0907. The molecule has 0 fully saturated rings. The fraction of sp³-hybridized carbons (Fsp3) is 0.182. The van der Waals surface area contributed by atoms with Gasteiger partial charge in [0.15, 0.2) is 11.5 Å². The molecule has 2 aromatic rings. The topological polar surface area (TPSA) is 75.1 Å². The third kappa shape index (κ3) is 2.77. The summed E-state index contributed by atoms with van der Waals surface area (Å²) in [7, 11) is 0. The molecule has 0 aliphatic heterocycles. The summed E-state index contributed by atoms with van der Waals surface area (Å²) in [4.78, 5) is 19.8. The van der Waals surface area contributed by atoms with Crippen molar-refractivity contribution in [1.82, 2.24) is 9.97 Å². The molecule has 0 saturated heterocycles. The molecular weight excluding hydrogens is 274 g/mol. The summed E-state index contributed by atoms with van der Waals surface area (Å²) >= 11 is 7.29. The number of hydrogen-bond acceptors (Lipinski definition) is 5. The first-order chi connectivity index (χ1) is 8.58. The Morgan fingerprint density at radius 1 is 1.44 bits per heavy atom. The van der Waals surface area contributed by atoms with E-state index in [1.807, 2.05) is 13.0 Å². The number of halogens is 1. The van der Waals surface area contributed by atoms with Crippen LogP contribution >= 0.6 is 22.9 Å². The van der Waals surface area contributed by atoms with E-state index < -0.39 is 5.97 Å². The van der Waals surface area contributed by atoms with Gasteiger partial charge in [-0.3, -0.25) is 0 Å². The van der Waals surface area contributed by atoms with Gasteiger partial charge < -0.3 is 10.4 Å². The van der Waals surface area contributed by atoms with Gasteiger partial charge in [-0.1, -0.05) is 11.6 Å². The van der Waals surface area contributed by atoms with Gasteiger partial charge in [0, 0.05) is 17.3 Å². The van der Waals surface area contributed by atoms with Crippen LogP contribution in [0, 0.1) is 0 Å². The number of hydrogen-bond donors (Lipinski definition) is 2. The maximum atomic E-state index is 11.0. The van der Waals surface area contributed by atoms with E-state index in [-0.39, 0.29) is 17.6 Å². The summed E-state index contributed by atoms with van der Waals surface area (Å²) in [5.74, 6) is -0.857. The summed E-state index contributed by atoms with van der Waals surface area (Å²) < 4.78 is 0.691. The zero-order chi connectivity index (χ0) is 13.1. The highest BCUT2D eigenvalue weighted by atomic mass is 35.5. The van der Waals surface area contributed by atoms with Crippen molar-refractivity contribution in [3.8, 4) is 0 Å². The SMILES string of the molecule is CC(Nc1nccnc1C(=O)O)c1ccc(Cl)s1. The number of carbonyl (C=O) groups is 1. The van der Waals surface area contributed by atoms with E-state index in [1.54, 1.807) is 6.07 Å². The highest BCUT2D eigenvalue weighted by Gasteiger charge is 2.16. The average molecular weight is 284 g/mol. The normalized spacial score (nSPS) is 12.1. The molecule has 1 unspecified atom stereocenters. The number of aromatic nitrogens is 2. The third-order valence-corrected chi connectivity index (χ3v) is 3.69. The van der Waals surface area contributed by atoms with Crippen LogP contribution in [0.2, 0.25) is 4.34 Å². The number of aromatic carboxylic acids is 1. The first-order valence-corrected chi connectivity index (χ1v) is 6.33. The monoisotopic (exact) mass is 283 g/mol. The molecule has 7 heteroatoms. The average Bonchev–Trinajstić information content (AvgIpc) is 2.76. The largest absolute Gasteiger partial charge is 0.476 e. The Morgan fingerprint density at radius 3 is 2.78 bits per heavy atom. The molecule has 0 radical (unpaired) electrons. The van der Waals surface area contributed by atoms with E-state index in [0.29, 0.717) is 4.34 Å². The summed E-state index contributed by atoms with van der Waals surface area (Å²) in [6.07, 6.45) is 2.80. The van der Waals surface area contributed by atoms with Gasteiger partial charge in [-0.25, -0.2) is 14.8 Å². The Morgan fingerprint density at radius 2 is 2.17 bits per heavy atom. The Kier molecular flexibility index (Phi) is 3.78. The lowest BCUT2D eigenvalue weighted by Crippen LogP contribution is -2.12. The number of carboxylic acid groups (broad SMARTS) is 1. The molecule has 2 heterocycles. The standard InChI is InChI=1S/C11H10ClN3O2S/c1-6(7-2-3-8(12)18-7)15-10-9(11(16)17)13-4-5-14-10/h2-6H,1H3,(H,14,15)(H,16,17). The molecule has 0 spiro atoms. The lowest BCUT2D eigenvalue weighted by atomic mass is 10.2. The number of anilines is 1. The van der Waals surface area contributed by atoms with Crippen LogP contribution in [-0.2, 0) is 0 Å². The van der Waals surface area contributed by atoms with Crippen LogP contribution in [0.3, 0.4) is 0 Å². The zero-order valence-corrected chi connectivity index (χ0v) is 11.0. The van der Waals surface area contributed by atoms with Crippen molar-refractivity contribution in [3.05, 3.63) is 39.4 Å². The van der Waals surface area contributed by atoms with Crippen LogP contribution in [0.25, 0.3) is 0 Å². The van der Waals surface area contributed by atoms with E-state index >= 15 is 0 Å². The highest BCUT2D eigenvalue weighted by Crippen LogP contribution is 2.28. The quantitative estimate of drug-likeness (QED) is 0.902. The van der Waals surface area contributed by atoms with Gasteiger partial charge in [0.25, 0.3) is 0 Å². The van der Waals surface area contributed by atoms with Crippen LogP contribution in [0.1, 0.15) is 28.3 Å². The van der Waals surface area contributed by atoms with Gasteiger partial charge in [-0.15, -0.1) is 11.3 Å². The minimum atomic E-state index is -1.11. The van der Waals surface area contributed by atoms with Crippen molar-refractivity contribution >= 4 is 34.7 Å². The number of rotatable bonds is 4. The van der Waals surface area contributed by atoms with E-state index in [2.05, 4.69) is 15.3 Å². The predicted molar refractivity (Wildman–Crippen MR) is 70.4 cm³/mol. The zero-order valence-electron chi connectivity index (χ0n) is 9.42. The second kappa shape index (κ2) is 5.32. The van der Waals surface area contributed by atoms with Crippen molar-refractivity contribution in [1.29, 1.82) is 0 Å². The number of nitrogens with zero attached hydrogens (tertiary/aromatic N) is 2. The van der Waals surface area contributed by atoms with Gasteiger partial charge >= 0.3 is 5.97 Å². The summed E-state index contributed by atoms with van der Waals surface area (Å²) in [5, 5.41) is 12.0. The number of thiophene rings is 1. The minimum Gasteiger partial charge on any atom is -0.476 e. The number of nitrogens with one attached hydrogen (secondary N) is 1. The fourth-order valence-electron chi connectivity index (χ4n) is 1.44. The molecule has 0 aromatic carbocycles. The summed E-state index contributed by atoms with van der Waals surface area (Å²) in [6, 6.07) is 3.60. The molecule has 1 atom stereocenters. The van der Waals surface area contributed by atoms with Crippen LogP contribution < -0.4 is 5.32 Å². The van der Waals surface area contributed by atoms with Crippen LogP contribution in [0.5, 0.6) is 0 Å². The van der Waals surface area contributed by atoms with Crippen molar-refractivity contribution in [3.63, 3.8) is 0 Å². The first-order valence-electron chi connectivity index (χ1n) is 5.14. The molecule has 18 heavy (non-hydrogen) atoms. The maximum Gasteiger partial charge on any atom is 0.358 e. The molecule has 0 saturated carbocycles. The highest BCUT2D eigenvalue weighted by molar-refractivity contribution is 7.16. The molecule has 2 rings (SSSR count). The molecule has 2 aromatic heterocycles. The lowest BCUT2D eigenvalue weighted by Gasteiger charge is -2.13. The lowest BCUT2D eigenvalue weighted by molar-refractivity contribution is 0.0691. The van der Waals surface area contributed by atoms with Crippen molar-refractivity contribution < 1.29 is 9.90 Å². The Bertz CT molecular complexity index is 573. The second-order valence-corrected chi connectivity index (χ2v) is 5.31. The maximum absolute atomic E-state index is 11.0. The molecule has 0 aliphatic carbocycles. The summed E-state index contributed by atoms with van der Waals surface area (Å²) in [6.45, 7) is 1.91. The van der Waals surface area contributed by atoms with Crippen molar-refractivity contribution in [2.24, 2.45) is 0 Å². The van der Waals surface area contributed by atoms with E-state index in [4.69, 9.17) is 16.7 Å². The molecule has 0 aliphatic rings. The van der Waals surface area contributed by atoms with E-state index in [1.165, 1.54) is 23.7 Å². The smallest absolute Gasteiger partial charge is 0.358 e.